The van der Waals surface area contributed by atoms with Crippen LogP contribution in [0, 0.1) is 0 Å². The lowest BCUT2D eigenvalue weighted by Gasteiger charge is -2.43. The average molecular weight is 552 g/mol. The van der Waals surface area contributed by atoms with Crippen LogP contribution < -0.4 is 4.90 Å². The number of amides is 1. The van der Waals surface area contributed by atoms with Crippen molar-refractivity contribution in [3.63, 3.8) is 0 Å². The number of rotatable bonds is 10. The van der Waals surface area contributed by atoms with Crippen molar-refractivity contribution >= 4 is 12.1 Å². The van der Waals surface area contributed by atoms with Crippen LogP contribution in [0.5, 0.6) is 0 Å². The number of benzene rings is 4. The first kappa shape index (κ1) is 27.6. The van der Waals surface area contributed by atoms with Gasteiger partial charge in [-0.15, -0.1) is 0 Å². The first-order valence-corrected chi connectivity index (χ1v) is 14.9. The summed E-state index contributed by atoms with van der Waals surface area (Å²) in [4.78, 5) is 21.8. The molecule has 1 fully saturated rings. The standard InChI is InChI=1S/C38H37N3O/c42-30-41(37-35(31-14-5-1-6-15-31)22-25-39-36(37)32-16-7-2-8-17-32)27-13-26-40-28-23-38(24-29-40,33-18-9-3-10-19-33)34-20-11-4-12-21-34/h1-12,14-22,25,30H,13,23-24,26-29H2. The Morgan fingerprint density at radius 3 is 1.76 bits per heavy atom. The second-order valence-corrected chi connectivity index (χ2v) is 11.1. The van der Waals surface area contributed by atoms with Crippen LogP contribution in [-0.4, -0.2) is 42.5 Å². The van der Waals surface area contributed by atoms with Gasteiger partial charge in [0.1, 0.15) is 0 Å². The summed E-state index contributed by atoms with van der Waals surface area (Å²) in [6.07, 6.45) is 5.87. The van der Waals surface area contributed by atoms with Crippen LogP contribution in [0.25, 0.3) is 22.4 Å². The zero-order chi connectivity index (χ0) is 28.6. The molecule has 4 nitrogen and oxygen atoms in total. The van der Waals surface area contributed by atoms with E-state index >= 15 is 0 Å². The summed E-state index contributed by atoms with van der Waals surface area (Å²) in [7, 11) is 0. The molecule has 0 bridgehead atoms. The summed E-state index contributed by atoms with van der Waals surface area (Å²) in [5, 5.41) is 0. The number of carbonyl (C=O) groups is 1. The lowest BCUT2D eigenvalue weighted by molar-refractivity contribution is -0.107. The number of aromatic nitrogens is 1. The number of nitrogens with zero attached hydrogens (tertiary/aromatic N) is 3. The van der Waals surface area contributed by atoms with Crippen molar-refractivity contribution in [1.29, 1.82) is 0 Å². The van der Waals surface area contributed by atoms with Gasteiger partial charge in [-0.3, -0.25) is 9.78 Å². The fraction of sp³-hybridized carbons (Fsp3) is 0.211. The first-order chi connectivity index (χ1) is 20.8. The van der Waals surface area contributed by atoms with Crippen LogP contribution in [0.1, 0.15) is 30.4 Å². The van der Waals surface area contributed by atoms with Gasteiger partial charge < -0.3 is 9.80 Å². The van der Waals surface area contributed by atoms with Crippen molar-refractivity contribution in [2.75, 3.05) is 31.1 Å². The van der Waals surface area contributed by atoms with Crippen molar-refractivity contribution in [3.8, 4) is 22.4 Å². The Morgan fingerprint density at radius 1 is 0.690 bits per heavy atom. The molecule has 1 saturated heterocycles. The summed E-state index contributed by atoms with van der Waals surface area (Å²) < 4.78 is 0. The molecule has 0 spiro atoms. The molecular weight excluding hydrogens is 514 g/mol. The van der Waals surface area contributed by atoms with Gasteiger partial charge in [0, 0.05) is 29.3 Å². The molecule has 0 radical (unpaired) electrons. The second kappa shape index (κ2) is 13.0. The van der Waals surface area contributed by atoms with Crippen LogP contribution >= 0.6 is 0 Å². The summed E-state index contributed by atoms with van der Waals surface area (Å²) in [5.74, 6) is 0. The molecule has 4 heteroatoms. The van der Waals surface area contributed by atoms with Crippen molar-refractivity contribution < 1.29 is 4.79 Å². The Kier molecular flexibility index (Phi) is 8.53. The average Bonchev–Trinajstić information content (AvgIpc) is 3.08. The topological polar surface area (TPSA) is 36.4 Å². The van der Waals surface area contributed by atoms with E-state index in [9.17, 15) is 4.79 Å². The van der Waals surface area contributed by atoms with Crippen molar-refractivity contribution in [2.24, 2.45) is 0 Å². The minimum absolute atomic E-state index is 0.0404. The zero-order valence-corrected chi connectivity index (χ0v) is 24.0. The Balaban J connectivity index is 1.19. The molecule has 1 aromatic heterocycles. The number of carbonyl (C=O) groups excluding carboxylic acids is 1. The number of hydrogen-bond acceptors (Lipinski definition) is 3. The van der Waals surface area contributed by atoms with E-state index in [1.807, 2.05) is 53.6 Å². The van der Waals surface area contributed by atoms with Gasteiger partial charge in [0.05, 0.1) is 11.4 Å². The molecule has 0 saturated carbocycles. The molecular formula is C38H37N3O. The van der Waals surface area contributed by atoms with E-state index in [0.29, 0.717) is 6.54 Å². The van der Waals surface area contributed by atoms with Gasteiger partial charge >= 0.3 is 0 Å². The quantitative estimate of drug-likeness (QED) is 0.166. The number of anilines is 1. The van der Waals surface area contributed by atoms with E-state index in [1.165, 1.54) is 11.1 Å². The van der Waals surface area contributed by atoms with E-state index in [1.54, 1.807) is 0 Å². The fourth-order valence-electron chi connectivity index (χ4n) is 6.50. The van der Waals surface area contributed by atoms with Gasteiger partial charge in [0.2, 0.25) is 6.41 Å². The van der Waals surface area contributed by atoms with Crippen molar-refractivity contribution in [3.05, 3.63) is 145 Å². The van der Waals surface area contributed by atoms with Gasteiger partial charge in [-0.2, -0.15) is 0 Å². The maximum atomic E-state index is 12.6. The molecule has 1 amide bonds. The third kappa shape index (κ3) is 5.77. The molecule has 4 aromatic carbocycles. The largest absolute Gasteiger partial charge is 0.312 e. The SMILES string of the molecule is O=CN(CCCN1CCC(c2ccccc2)(c2ccccc2)CC1)c1c(-c2ccccc2)ccnc1-c1ccccc1. The predicted octanol–water partition coefficient (Wildman–Crippen LogP) is 7.85. The van der Waals surface area contributed by atoms with E-state index in [2.05, 4.69) is 89.8 Å². The maximum absolute atomic E-state index is 12.6. The van der Waals surface area contributed by atoms with Gasteiger partial charge in [-0.05, 0) is 61.7 Å². The zero-order valence-electron chi connectivity index (χ0n) is 24.0. The molecule has 0 aliphatic carbocycles. The summed E-state index contributed by atoms with van der Waals surface area (Å²) in [5.41, 5.74) is 7.65. The smallest absolute Gasteiger partial charge is 0.214 e. The lowest BCUT2D eigenvalue weighted by atomic mass is 9.68. The summed E-state index contributed by atoms with van der Waals surface area (Å²) in [6.45, 7) is 3.64. The van der Waals surface area contributed by atoms with E-state index < -0.39 is 0 Å². The fourth-order valence-corrected chi connectivity index (χ4v) is 6.50. The van der Waals surface area contributed by atoms with Gasteiger partial charge in [-0.1, -0.05) is 121 Å². The molecule has 2 heterocycles. The van der Waals surface area contributed by atoms with Gasteiger partial charge in [0.25, 0.3) is 0 Å². The monoisotopic (exact) mass is 551 g/mol. The van der Waals surface area contributed by atoms with E-state index in [4.69, 9.17) is 4.98 Å². The Hall–Kier alpha value is -4.54. The van der Waals surface area contributed by atoms with Crippen LogP contribution in [-0.2, 0) is 10.2 Å². The van der Waals surface area contributed by atoms with Gasteiger partial charge in [0.15, 0.2) is 0 Å². The molecule has 42 heavy (non-hydrogen) atoms. The van der Waals surface area contributed by atoms with E-state index in [0.717, 1.165) is 73.4 Å². The molecule has 1 aliphatic rings. The van der Waals surface area contributed by atoms with Crippen LogP contribution in [0.2, 0.25) is 0 Å². The van der Waals surface area contributed by atoms with E-state index in [-0.39, 0.29) is 5.41 Å². The molecule has 0 unspecified atom stereocenters. The number of hydrogen-bond donors (Lipinski definition) is 0. The number of pyridine rings is 1. The van der Waals surface area contributed by atoms with Crippen LogP contribution in [0.4, 0.5) is 5.69 Å². The molecule has 5 aromatic rings. The highest BCUT2D eigenvalue weighted by atomic mass is 16.1. The third-order valence-electron chi connectivity index (χ3n) is 8.71. The minimum atomic E-state index is 0.0404. The summed E-state index contributed by atoms with van der Waals surface area (Å²) >= 11 is 0. The highest BCUT2D eigenvalue weighted by Gasteiger charge is 2.37. The Morgan fingerprint density at radius 2 is 1.21 bits per heavy atom. The number of piperidine rings is 1. The van der Waals surface area contributed by atoms with Crippen molar-refractivity contribution in [2.45, 2.75) is 24.7 Å². The second-order valence-electron chi connectivity index (χ2n) is 11.1. The van der Waals surface area contributed by atoms with Crippen LogP contribution in [0.15, 0.2) is 134 Å². The van der Waals surface area contributed by atoms with Crippen LogP contribution in [0.3, 0.4) is 0 Å². The highest BCUT2D eigenvalue weighted by molar-refractivity contribution is 5.95. The lowest BCUT2D eigenvalue weighted by Crippen LogP contribution is -2.44. The third-order valence-corrected chi connectivity index (χ3v) is 8.71. The Labute approximate surface area is 249 Å². The molecule has 210 valence electrons. The molecule has 0 N–H and O–H groups in total. The highest BCUT2D eigenvalue weighted by Crippen LogP contribution is 2.42. The molecule has 6 rings (SSSR count). The minimum Gasteiger partial charge on any atom is -0.312 e. The predicted molar refractivity (Wildman–Crippen MR) is 172 cm³/mol. The summed E-state index contributed by atoms with van der Waals surface area (Å²) in [6, 6.07) is 44.4. The normalized spacial score (nSPS) is 14.8. The molecule has 0 atom stereocenters. The number of likely N-dealkylation sites (tertiary alicyclic amines) is 1. The van der Waals surface area contributed by atoms with Crippen molar-refractivity contribution in [1.82, 2.24) is 9.88 Å². The molecule has 1 aliphatic heterocycles. The Bertz CT molecular complexity index is 1470. The maximum Gasteiger partial charge on any atom is 0.214 e. The van der Waals surface area contributed by atoms with Gasteiger partial charge in [-0.25, -0.2) is 0 Å². The first-order valence-electron chi connectivity index (χ1n) is 14.9.